The first-order valence-electron chi connectivity index (χ1n) is 8.36. The number of anilines is 1. The molecule has 0 aromatic heterocycles. The van der Waals surface area contributed by atoms with Gasteiger partial charge in [0.1, 0.15) is 11.5 Å². The second-order valence-corrected chi connectivity index (χ2v) is 5.90. The second-order valence-electron chi connectivity index (χ2n) is 5.90. The molecular formula is C20H23NO5. The Hall–Kier alpha value is -3.02. The molecule has 1 N–H and O–H groups in total. The minimum absolute atomic E-state index is 0.159. The maximum absolute atomic E-state index is 12.8. The summed E-state index contributed by atoms with van der Waals surface area (Å²) in [5, 5.41) is 8.63. The van der Waals surface area contributed by atoms with Crippen molar-refractivity contribution in [1.29, 1.82) is 0 Å². The fourth-order valence-electron chi connectivity index (χ4n) is 2.42. The molecular weight excluding hydrogens is 334 g/mol. The van der Waals surface area contributed by atoms with Gasteiger partial charge < -0.3 is 19.5 Å². The summed E-state index contributed by atoms with van der Waals surface area (Å²) in [4.78, 5) is 24.8. The molecule has 2 aromatic rings. The van der Waals surface area contributed by atoms with E-state index >= 15 is 0 Å². The van der Waals surface area contributed by atoms with E-state index in [2.05, 4.69) is 0 Å². The van der Waals surface area contributed by atoms with E-state index in [0.29, 0.717) is 23.6 Å². The van der Waals surface area contributed by atoms with Gasteiger partial charge in [-0.3, -0.25) is 4.79 Å². The van der Waals surface area contributed by atoms with Crippen molar-refractivity contribution in [2.75, 3.05) is 18.6 Å². The minimum Gasteiger partial charge on any atom is -0.482 e. The summed E-state index contributed by atoms with van der Waals surface area (Å²) in [5.74, 6) is -0.107. The Labute approximate surface area is 153 Å². The summed E-state index contributed by atoms with van der Waals surface area (Å²) >= 11 is 0. The molecule has 26 heavy (non-hydrogen) atoms. The first-order chi connectivity index (χ1) is 12.4. The first-order valence-corrected chi connectivity index (χ1v) is 8.36. The van der Waals surface area contributed by atoms with Crippen LogP contribution in [0.25, 0.3) is 0 Å². The molecule has 1 amide bonds. The Morgan fingerprint density at radius 2 is 1.81 bits per heavy atom. The molecule has 0 saturated carbocycles. The van der Waals surface area contributed by atoms with Gasteiger partial charge in [0.05, 0.1) is 0 Å². The largest absolute Gasteiger partial charge is 0.482 e. The number of carboxylic acids is 1. The van der Waals surface area contributed by atoms with E-state index in [9.17, 15) is 9.59 Å². The maximum atomic E-state index is 12.8. The highest BCUT2D eigenvalue weighted by atomic mass is 16.5. The zero-order valence-corrected chi connectivity index (χ0v) is 15.1. The van der Waals surface area contributed by atoms with Crippen molar-refractivity contribution < 1.29 is 24.2 Å². The standard InChI is InChI=1S/C20H23NO5/c1-4-18(26-17-7-5-6-14(2)12-17)20(24)21(3)15-8-10-16(11-9-15)25-13-19(22)23/h5-12,18H,4,13H2,1-3H3,(H,22,23). The van der Waals surface area contributed by atoms with Crippen molar-refractivity contribution in [2.45, 2.75) is 26.4 Å². The number of amides is 1. The lowest BCUT2D eigenvalue weighted by molar-refractivity contribution is -0.139. The number of ether oxygens (including phenoxy) is 2. The molecule has 0 radical (unpaired) electrons. The first kappa shape index (κ1) is 19.3. The molecule has 1 unspecified atom stereocenters. The normalized spacial score (nSPS) is 11.5. The van der Waals surface area contributed by atoms with Gasteiger partial charge in [-0.05, 0) is 55.3 Å². The van der Waals surface area contributed by atoms with Crippen molar-refractivity contribution in [3.8, 4) is 11.5 Å². The molecule has 0 spiro atoms. The van der Waals surface area contributed by atoms with Crippen molar-refractivity contribution in [1.82, 2.24) is 0 Å². The SMILES string of the molecule is CCC(Oc1cccc(C)c1)C(=O)N(C)c1ccc(OCC(=O)O)cc1. The van der Waals surface area contributed by atoms with E-state index in [1.54, 1.807) is 31.3 Å². The lowest BCUT2D eigenvalue weighted by Crippen LogP contribution is -2.39. The van der Waals surface area contributed by atoms with Gasteiger partial charge in [0.2, 0.25) is 0 Å². The van der Waals surface area contributed by atoms with E-state index in [1.165, 1.54) is 4.90 Å². The second kappa shape index (κ2) is 8.89. The van der Waals surface area contributed by atoms with Crippen LogP contribution in [0.2, 0.25) is 0 Å². The molecule has 0 heterocycles. The van der Waals surface area contributed by atoms with Crippen molar-refractivity contribution >= 4 is 17.6 Å². The number of aryl methyl sites for hydroxylation is 1. The Balaban J connectivity index is 2.05. The number of benzene rings is 2. The number of aliphatic carboxylic acids is 1. The topological polar surface area (TPSA) is 76.1 Å². The van der Waals surface area contributed by atoms with E-state index < -0.39 is 18.7 Å². The van der Waals surface area contributed by atoms with Crippen LogP contribution < -0.4 is 14.4 Å². The van der Waals surface area contributed by atoms with Crippen LogP contribution in [0.4, 0.5) is 5.69 Å². The molecule has 0 aliphatic carbocycles. The predicted octanol–water partition coefficient (Wildman–Crippen LogP) is 3.28. The maximum Gasteiger partial charge on any atom is 0.341 e. The molecule has 2 aromatic carbocycles. The predicted molar refractivity (Wildman–Crippen MR) is 98.9 cm³/mol. The van der Waals surface area contributed by atoms with Gasteiger partial charge >= 0.3 is 5.97 Å². The van der Waals surface area contributed by atoms with Crippen molar-refractivity contribution in [2.24, 2.45) is 0 Å². The van der Waals surface area contributed by atoms with Gasteiger partial charge in [-0.25, -0.2) is 4.79 Å². The highest BCUT2D eigenvalue weighted by Crippen LogP contribution is 2.21. The van der Waals surface area contributed by atoms with Crippen LogP contribution in [-0.2, 0) is 9.59 Å². The molecule has 2 rings (SSSR count). The molecule has 0 bridgehead atoms. The fraction of sp³-hybridized carbons (Fsp3) is 0.300. The molecule has 138 valence electrons. The molecule has 6 nitrogen and oxygen atoms in total. The van der Waals surface area contributed by atoms with Gasteiger partial charge in [-0.1, -0.05) is 19.1 Å². The number of nitrogens with zero attached hydrogens (tertiary/aromatic N) is 1. The molecule has 0 fully saturated rings. The van der Waals surface area contributed by atoms with Crippen LogP contribution >= 0.6 is 0 Å². The molecule has 6 heteroatoms. The lowest BCUT2D eigenvalue weighted by atomic mass is 10.2. The summed E-state index contributed by atoms with van der Waals surface area (Å²) in [7, 11) is 1.68. The van der Waals surface area contributed by atoms with E-state index in [-0.39, 0.29) is 5.91 Å². The summed E-state index contributed by atoms with van der Waals surface area (Å²) < 4.78 is 11.0. The fourth-order valence-corrected chi connectivity index (χ4v) is 2.42. The van der Waals surface area contributed by atoms with Gasteiger partial charge in [-0.15, -0.1) is 0 Å². The van der Waals surface area contributed by atoms with Gasteiger partial charge in [0, 0.05) is 12.7 Å². The Morgan fingerprint density at radius 1 is 1.12 bits per heavy atom. The average molecular weight is 357 g/mol. The van der Waals surface area contributed by atoms with E-state index in [0.717, 1.165) is 5.56 Å². The number of carbonyl (C=O) groups excluding carboxylic acids is 1. The highest BCUT2D eigenvalue weighted by molar-refractivity contribution is 5.96. The third-order valence-electron chi connectivity index (χ3n) is 3.83. The zero-order valence-electron chi connectivity index (χ0n) is 15.1. The smallest absolute Gasteiger partial charge is 0.341 e. The zero-order chi connectivity index (χ0) is 19.1. The summed E-state index contributed by atoms with van der Waals surface area (Å²) in [6.07, 6.45) is -0.0542. The van der Waals surface area contributed by atoms with E-state index in [4.69, 9.17) is 14.6 Å². The van der Waals surface area contributed by atoms with Crippen molar-refractivity contribution in [3.05, 3.63) is 54.1 Å². The number of rotatable bonds is 8. The highest BCUT2D eigenvalue weighted by Gasteiger charge is 2.23. The summed E-state index contributed by atoms with van der Waals surface area (Å²) in [6.45, 7) is 3.46. The van der Waals surface area contributed by atoms with Gasteiger partial charge in [0.15, 0.2) is 12.7 Å². The molecule has 0 aliphatic heterocycles. The van der Waals surface area contributed by atoms with Crippen LogP contribution in [0.5, 0.6) is 11.5 Å². The Morgan fingerprint density at radius 3 is 2.38 bits per heavy atom. The number of carboxylic acid groups (broad SMARTS) is 1. The van der Waals surface area contributed by atoms with Crippen LogP contribution in [0.1, 0.15) is 18.9 Å². The molecule has 1 atom stereocenters. The van der Waals surface area contributed by atoms with Crippen LogP contribution in [0.15, 0.2) is 48.5 Å². The van der Waals surface area contributed by atoms with Crippen LogP contribution in [0.3, 0.4) is 0 Å². The lowest BCUT2D eigenvalue weighted by Gasteiger charge is -2.24. The quantitative estimate of drug-likeness (QED) is 0.785. The minimum atomic E-state index is -1.04. The number of hydrogen-bond donors (Lipinski definition) is 1. The van der Waals surface area contributed by atoms with Gasteiger partial charge in [-0.2, -0.15) is 0 Å². The summed E-state index contributed by atoms with van der Waals surface area (Å²) in [6, 6.07) is 14.2. The van der Waals surface area contributed by atoms with Crippen LogP contribution in [0, 0.1) is 6.92 Å². The third-order valence-corrected chi connectivity index (χ3v) is 3.83. The van der Waals surface area contributed by atoms with Crippen LogP contribution in [-0.4, -0.2) is 36.7 Å². The number of likely N-dealkylation sites (N-methyl/N-ethyl adjacent to an activating group) is 1. The number of carbonyl (C=O) groups is 2. The third kappa shape index (κ3) is 5.24. The Kier molecular flexibility index (Phi) is 6.60. The van der Waals surface area contributed by atoms with Crippen molar-refractivity contribution in [3.63, 3.8) is 0 Å². The Bertz CT molecular complexity index is 757. The molecule has 0 saturated heterocycles. The number of hydrogen-bond acceptors (Lipinski definition) is 4. The molecule has 0 aliphatic rings. The van der Waals surface area contributed by atoms with Gasteiger partial charge in [0.25, 0.3) is 5.91 Å². The monoisotopic (exact) mass is 357 g/mol. The summed E-state index contributed by atoms with van der Waals surface area (Å²) in [5.41, 5.74) is 1.74. The van der Waals surface area contributed by atoms with E-state index in [1.807, 2.05) is 38.1 Å². The average Bonchev–Trinajstić information content (AvgIpc) is 2.63.